The van der Waals surface area contributed by atoms with Crippen molar-refractivity contribution in [3.05, 3.63) is 48.5 Å². The van der Waals surface area contributed by atoms with E-state index < -0.39 is 0 Å². The number of nitrogen functional groups attached to an aromatic ring is 1. The lowest BCUT2D eigenvalue weighted by Gasteiger charge is -2.13. The molecular formula is C16H16N4. The first kappa shape index (κ1) is 12.5. The average molecular weight is 264 g/mol. The largest absolute Gasteiger partial charge is 0.398 e. The second-order valence-electron chi connectivity index (χ2n) is 4.73. The minimum atomic E-state index is 0.811. The average Bonchev–Trinajstić information content (AvgIpc) is 2.51. The lowest BCUT2D eigenvalue weighted by atomic mass is 9.99. The summed E-state index contributed by atoms with van der Waals surface area (Å²) in [4.78, 5) is 12.9. The molecule has 3 aromatic heterocycles. The summed E-state index contributed by atoms with van der Waals surface area (Å²) in [6.07, 6.45) is 9.00. The van der Waals surface area contributed by atoms with Crippen LogP contribution >= 0.6 is 0 Å². The first-order valence-corrected chi connectivity index (χ1v) is 6.73. The van der Waals surface area contributed by atoms with Crippen molar-refractivity contribution in [2.75, 3.05) is 5.73 Å². The maximum Gasteiger partial charge on any atom is 0.0913 e. The highest BCUT2D eigenvalue weighted by atomic mass is 14.8. The van der Waals surface area contributed by atoms with Gasteiger partial charge >= 0.3 is 0 Å². The molecule has 0 saturated carbocycles. The van der Waals surface area contributed by atoms with Crippen LogP contribution < -0.4 is 5.73 Å². The summed E-state index contributed by atoms with van der Waals surface area (Å²) in [6, 6.07) is 5.85. The van der Waals surface area contributed by atoms with E-state index in [0.29, 0.717) is 0 Å². The highest BCUT2D eigenvalue weighted by Crippen LogP contribution is 2.32. The molecule has 0 aliphatic carbocycles. The Hall–Kier alpha value is -2.49. The van der Waals surface area contributed by atoms with Gasteiger partial charge in [0.2, 0.25) is 0 Å². The van der Waals surface area contributed by atoms with Crippen LogP contribution in [0.3, 0.4) is 0 Å². The summed E-state index contributed by atoms with van der Waals surface area (Å²) in [6.45, 7) is 2.15. The van der Waals surface area contributed by atoms with Gasteiger partial charge in [0.1, 0.15) is 0 Å². The number of fused-ring (bicyclic) bond motifs is 1. The number of hydrogen-bond donors (Lipinski definition) is 1. The van der Waals surface area contributed by atoms with Crippen molar-refractivity contribution in [2.45, 2.75) is 19.8 Å². The minimum absolute atomic E-state index is 0.811. The molecule has 4 heteroatoms. The van der Waals surface area contributed by atoms with Crippen LogP contribution in [-0.4, -0.2) is 15.0 Å². The highest BCUT2D eigenvalue weighted by molar-refractivity contribution is 5.94. The van der Waals surface area contributed by atoms with Gasteiger partial charge in [-0.05, 0) is 24.6 Å². The van der Waals surface area contributed by atoms with Gasteiger partial charge in [-0.3, -0.25) is 9.97 Å². The van der Waals surface area contributed by atoms with Crippen molar-refractivity contribution in [3.8, 4) is 11.3 Å². The molecule has 20 heavy (non-hydrogen) atoms. The number of nitrogens with zero attached hydrogens (tertiary/aromatic N) is 3. The minimum Gasteiger partial charge on any atom is -0.398 e. The van der Waals surface area contributed by atoms with Crippen molar-refractivity contribution in [2.24, 2.45) is 0 Å². The number of hydrogen-bond acceptors (Lipinski definition) is 4. The van der Waals surface area contributed by atoms with Crippen LogP contribution in [0.15, 0.2) is 43.0 Å². The Bertz CT molecular complexity index is 738. The molecule has 0 aliphatic heterocycles. The molecular weight excluding hydrogens is 248 g/mol. The fourth-order valence-electron chi connectivity index (χ4n) is 2.43. The zero-order chi connectivity index (χ0) is 13.9. The summed E-state index contributed by atoms with van der Waals surface area (Å²) < 4.78 is 0. The van der Waals surface area contributed by atoms with E-state index >= 15 is 0 Å². The first-order chi connectivity index (χ1) is 9.81. The topological polar surface area (TPSA) is 64.7 Å². The lowest BCUT2D eigenvalue weighted by Crippen LogP contribution is -2.02. The third-order valence-corrected chi connectivity index (χ3v) is 3.39. The number of aromatic nitrogens is 3. The molecule has 100 valence electrons. The number of nitrogens with two attached hydrogens (primary N) is 1. The molecule has 0 atom stereocenters. The number of anilines is 1. The van der Waals surface area contributed by atoms with Crippen LogP contribution in [-0.2, 0) is 6.42 Å². The SMILES string of the molecule is CCCc1c(-c2ccncc2)nc2cnccc2c1N. The summed E-state index contributed by atoms with van der Waals surface area (Å²) in [5.74, 6) is 0. The standard InChI is InChI=1S/C16H16N4/c1-2-3-13-15(17)12-6-9-19-10-14(12)20-16(13)11-4-7-18-8-5-11/h4-10H,2-3H2,1H3,(H2,17,20). The van der Waals surface area contributed by atoms with Gasteiger partial charge in [-0.1, -0.05) is 13.3 Å². The lowest BCUT2D eigenvalue weighted by molar-refractivity contribution is 0.922. The molecule has 3 heterocycles. The fourth-order valence-corrected chi connectivity index (χ4v) is 2.43. The molecule has 2 N–H and O–H groups in total. The van der Waals surface area contributed by atoms with Gasteiger partial charge in [0.25, 0.3) is 0 Å². The predicted octanol–water partition coefficient (Wildman–Crippen LogP) is 3.23. The first-order valence-electron chi connectivity index (χ1n) is 6.73. The van der Waals surface area contributed by atoms with Gasteiger partial charge in [0, 0.05) is 40.8 Å². The van der Waals surface area contributed by atoms with E-state index in [2.05, 4.69) is 16.9 Å². The second kappa shape index (κ2) is 5.25. The van der Waals surface area contributed by atoms with E-state index in [1.807, 2.05) is 18.2 Å². The van der Waals surface area contributed by atoms with Gasteiger partial charge < -0.3 is 5.73 Å². The van der Waals surface area contributed by atoms with E-state index in [1.54, 1.807) is 24.8 Å². The monoisotopic (exact) mass is 264 g/mol. The summed E-state index contributed by atoms with van der Waals surface area (Å²) in [5, 5.41) is 0.973. The van der Waals surface area contributed by atoms with Crippen LogP contribution in [0.25, 0.3) is 22.2 Å². The summed E-state index contributed by atoms with van der Waals surface area (Å²) in [5.41, 5.74) is 11.1. The smallest absolute Gasteiger partial charge is 0.0913 e. The van der Waals surface area contributed by atoms with E-state index in [4.69, 9.17) is 10.7 Å². The van der Waals surface area contributed by atoms with E-state index in [9.17, 15) is 0 Å². The van der Waals surface area contributed by atoms with Crippen molar-refractivity contribution in [1.82, 2.24) is 15.0 Å². The molecule has 0 spiro atoms. The van der Waals surface area contributed by atoms with Gasteiger partial charge in [0.15, 0.2) is 0 Å². The second-order valence-corrected chi connectivity index (χ2v) is 4.73. The Kier molecular flexibility index (Phi) is 3.29. The third-order valence-electron chi connectivity index (χ3n) is 3.39. The predicted molar refractivity (Wildman–Crippen MR) is 81.2 cm³/mol. The number of rotatable bonds is 3. The zero-order valence-corrected chi connectivity index (χ0v) is 11.4. The molecule has 0 amide bonds. The van der Waals surface area contributed by atoms with Crippen molar-refractivity contribution >= 4 is 16.6 Å². The molecule has 0 aliphatic rings. The van der Waals surface area contributed by atoms with Gasteiger partial charge in [0.05, 0.1) is 17.4 Å². The van der Waals surface area contributed by atoms with E-state index in [1.165, 1.54) is 0 Å². The quantitative estimate of drug-likeness (QED) is 0.788. The molecule has 0 aromatic carbocycles. The van der Waals surface area contributed by atoms with E-state index in [0.717, 1.165) is 46.3 Å². The Morgan fingerprint density at radius 3 is 2.55 bits per heavy atom. The van der Waals surface area contributed by atoms with Crippen LogP contribution in [0.4, 0.5) is 5.69 Å². The highest BCUT2D eigenvalue weighted by Gasteiger charge is 2.13. The molecule has 3 aromatic rings. The van der Waals surface area contributed by atoms with Crippen molar-refractivity contribution in [3.63, 3.8) is 0 Å². The van der Waals surface area contributed by atoms with Crippen molar-refractivity contribution < 1.29 is 0 Å². The Balaban J connectivity index is 2.32. The van der Waals surface area contributed by atoms with Crippen LogP contribution in [0.5, 0.6) is 0 Å². The molecule has 4 nitrogen and oxygen atoms in total. The summed E-state index contributed by atoms with van der Waals surface area (Å²) in [7, 11) is 0. The Labute approximate surface area is 117 Å². The molecule has 0 saturated heterocycles. The fraction of sp³-hybridized carbons (Fsp3) is 0.188. The molecule has 3 rings (SSSR count). The normalized spacial score (nSPS) is 10.8. The summed E-state index contributed by atoms with van der Waals surface area (Å²) >= 11 is 0. The maximum atomic E-state index is 6.36. The third kappa shape index (κ3) is 2.09. The number of pyridine rings is 3. The van der Waals surface area contributed by atoms with Gasteiger partial charge in [-0.2, -0.15) is 0 Å². The zero-order valence-electron chi connectivity index (χ0n) is 11.4. The van der Waals surface area contributed by atoms with Crippen LogP contribution in [0.2, 0.25) is 0 Å². The Morgan fingerprint density at radius 2 is 1.80 bits per heavy atom. The van der Waals surface area contributed by atoms with Crippen LogP contribution in [0, 0.1) is 0 Å². The molecule has 0 bridgehead atoms. The molecule has 0 unspecified atom stereocenters. The van der Waals surface area contributed by atoms with Crippen LogP contribution in [0.1, 0.15) is 18.9 Å². The maximum absolute atomic E-state index is 6.36. The van der Waals surface area contributed by atoms with E-state index in [-0.39, 0.29) is 0 Å². The van der Waals surface area contributed by atoms with Crippen molar-refractivity contribution in [1.29, 1.82) is 0 Å². The Morgan fingerprint density at radius 1 is 1.05 bits per heavy atom. The van der Waals surface area contributed by atoms with Gasteiger partial charge in [-0.15, -0.1) is 0 Å². The molecule has 0 radical (unpaired) electrons. The molecule has 0 fully saturated rings. The van der Waals surface area contributed by atoms with Gasteiger partial charge in [-0.25, -0.2) is 4.98 Å².